The van der Waals surface area contributed by atoms with Gasteiger partial charge in [0.2, 0.25) is 5.91 Å². The Kier molecular flexibility index (Phi) is 4.30. The van der Waals surface area contributed by atoms with Crippen molar-refractivity contribution in [2.75, 3.05) is 13.2 Å². The quantitative estimate of drug-likeness (QED) is 0.870. The molecule has 2 heterocycles. The summed E-state index contributed by atoms with van der Waals surface area (Å²) in [6.45, 7) is 4.58. The first kappa shape index (κ1) is 15.5. The molecule has 23 heavy (non-hydrogen) atoms. The second-order valence-electron chi connectivity index (χ2n) is 5.68. The van der Waals surface area contributed by atoms with Gasteiger partial charge < -0.3 is 14.8 Å². The third-order valence-corrected chi connectivity index (χ3v) is 4.06. The average Bonchev–Trinajstić information content (AvgIpc) is 2.82. The molecule has 0 bridgehead atoms. The van der Waals surface area contributed by atoms with Gasteiger partial charge in [0.1, 0.15) is 0 Å². The van der Waals surface area contributed by atoms with Crippen LogP contribution in [0.1, 0.15) is 31.4 Å². The maximum Gasteiger partial charge on any atom is 0.341 e. The molecule has 0 aliphatic carbocycles. The SMILES string of the molecule is CC(=O)N[C@@H]1OC(=O)C(c2ccc(C3=CCOCC3)cc2)=C1C. The van der Waals surface area contributed by atoms with Crippen LogP contribution in [-0.4, -0.2) is 31.3 Å². The van der Waals surface area contributed by atoms with Crippen LogP contribution in [0.5, 0.6) is 0 Å². The number of amides is 1. The second kappa shape index (κ2) is 6.38. The molecule has 1 N–H and O–H groups in total. The summed E-state index contributed by atoms with van der Waals surface area (Å²) in [6, 6.07) is 7.85. The molecular formula is C18H19NO4. The number of hydrogen-bond acceptors (Lipinski definition) is 4. The highest BCUT2D eigenvalue weighted by atomic mass is 16.6. The van der Waals surface area contributed by atoms with E-state index in [4.69, 9.17) is 9.47 Å². The van der Waals surface area contributed by atoms with Crippen molar-refractivity contribution in [3.05, 3.63) is 47.0 Å². The van der Waals surface area contributed by atoms with E-state index in [1.165, 1.54) is 12.5 Å². The molecule has 1 amide bonds. The number of carbonyl (C=O) groups is 2. The summed E-state index contributed by atoms with van der Waals surface area (Å²) in [5.74, 6) is -0.635. The minimum Gasteiger partial charge on any atom is -0.434 e. The van der Waals surface area contributed by atoms with Crippen molar-refractivity contribution in [1.29, 1.82) is 0 Å². The summed E-state index contributed by atoms with van der Waals surface area (Å²) in [4.78, 5) is 23.3. The zero-order valence-electron chi connectivity index (χ0n) is 13.2. The van der Waals surface area contributed by atoms with Gasteiger partial charge in [-0.2, -0.15) is 0 Å². The van der Waals surface area contributed by atoms with Crippen LogP contribution in [0, 0.1) is 0 Å². The van der Waals surface area contributed by atoms with E-state index in [2.05, 4.69) is 11.4 Å². The normalized spacial score (nSPS) is 21.0. The van der Waals surface area contributed by atoms with Crippen molar-refractivity contribution < 1.29 is 19.1 Å². The van der Waals surface area contributed by atoms with Crippen LogP contribution in [0.3, 0.4) is 0 Å². The van der Waals surface area contributed by atoms with Crippen LogP contribution in [0.15, 0.2) is 35.9 Å². The molecule has 120 valence electrons. The Morgan fingerprint density at radius 2 is 1.91 bits per heavy atom. The topological polar surface area (TPSA) is 64.6 Å². The Labute approximate surface area is 135 Å². The lowest BCUT2D eigenvalue weighted by atomic mass is 9.96. The maximum absolute atomic E-state index is 12.1. The number of esters is 1. The molecule has 0 saturated heterocycles. The van der Waals surface area contributed by atoms with Gasteiger partial charge in [-0.15, -0.1) is 0 Å². The minimum absolute atomic E-state index is 0.231. The highest BCUT2D eigenvalue weighted by Crippen LogP contribution is 2.31. The fourth-order valence-electron chi connectivity index (χ4n) is 2.85. The smallest absolute Gasteiger partial charge is 0.341 e. The first-order valence-corrected chi connectivity index (χ1v) is 7.62. The second-order valence-corrected chi connectivity index (χ2v) is 5.68. The highest BCUT2D eigenvalue weighted by molar-refractivity contribution is 6.19. The zero-order valence-corrected chi connectivity index (χ0v) is 13.2. The molecule has 0 unspecified atom stereocenters. The van der Waals surface area contributed by atoms with E-state index in [1.807, 2.05) is 24.3 Å². The summed E-state index contributed by atoms with van der Waals surface area (Å²) in [5.41, 5.74) is 4.45. The fourth-order valence-corrected chi connectivity index (χ4v) is 2.85. The molecule has 1 aromatic carbocycles. The summed E-state index contributed by atoms with van der Waals surface area (Å²) in [5, 5.41) is 2.62. The summed E-state index contributed by atoms with van der Waals surface area (Å²) in [7, 11) is 0. The van der Waals surface area contributed by atoms with Crippen LogP contribution < -0.4 is 5.32 Å². The molecular weight excluding hydrogens is 294 g/mol. The monoisotopic (exact) mass is 313 g/mol. The average molecular weight is 313 g/mol. The first-order chi connectivity index (χ1) is 11.1. The van der Waals surface area contributed by atoms with Crippen molar-refractivity contribution in [1.82, 2.24) is 5.32 Å². The number of ether oxygens (including phenoxy) is 2. The standard InChI is InChI=1S/C18H19NO4/c1-11-16(18(21)23-17(11)19-12(2)20)15-5-3-13(4-6-15)14-7-9-22-10-8-14/h3-7,17H,8-10H2,1-2H3,(H,19,20)/t17-/m1/s1. The molecule has 5 heteroatoms. The van der Waals surface area contributed by atoms with Crippen LogP contribution in [0.4, 0.5) is 0 Å². The number of rotatable bonds is 3. The van der Waals surface area contributed by atoms with Gasteiger partial charge in [-0.05, 0) is 30.0 Å². The Morgan fingerprint density at radius 3 is 2.52 bits per heavy atom. The lowest BCUT2D eigenvalue weighted by molar-refractivity contribution is -0.140. The molecule has 0 saturated carbocycles. The van der Waals surface area contributed by atoms with Gasteiger partial charge in [-0.3, -0.25) is 4.79 Å². The number of nitrogens with one attached hydrogen (secondary N) is 1. The first-order valence-electron chi connectivity index (χ1n) is 7.62. The summed E-state index contributed by atoms with van der Waals surface area (Å²) >= 11 is 0. The Morgan fingerprint density at radius 1 is 1.22 bits per heavy atom. The van der Waals surface area contributed by atoms with E-state index >= 15 is 0 Å². The molecule has 0 aromatic heterocycles. The molecule has 0 spiro atoms. The highest BCUT2D eigenvalue weighted by Gasteiger charge is 2.32. The largest absolute Gasteiger partial charge is 0.434 e. The van der Waals surface area contributed by atoms with E-state index < -0.39 is 12.2 Å². The lowest BCUT2D eigenvalue weighted by Gasteiger charge is -2.14. The zero-order chi connectivity index (χ0) is 16.4. The van der Waals surface area contributed by atoms with Crippen molar-refractivity contribution in [3.8, 4) is 0 Å². The number of cyclic esters (lactones) is 1. The van der Waals surface area contributed by atoms with Crippen molar-refractivity contribution >= 4 is 23.0 Å². The number of carbonyl (C=O) groups excluding carboxylic acids is 2. The van der Waals surface area contributed by atoms with Gasteiger partial charge in [-0.1, -0.05) is 30.3 Å². The molecule has 2 aliphatic rings. The molecule has 3 rings (SSSR count). The van der Waals surface area contributed by atoms with E-state index in [0.717, 1.165) is 29.7 Å². The van der Waals surface area contributed by atoms with Gasteiger partial charge in [-0.25, -0.2) is 4.79 Å². The molecule has 1 aromatic rings. The van der Waals surface area contributed by atoms with Gasteiger partial charge in [0.25, 0.3) is 0 Å². The van der Waals surface area contributed by atoms with Crippen LogP contribution in [-0.2, 0) is 19.1 Å². The van der Waals surface area contributed by atoms with E-state index in [0.29, 0.717) is 12.2 Å². The Hall–Kier alpha value is -2.40. The van der Waals surface area contributed by atoms with Gasteiger partial charge >= 0.3 is 5.97 Å². The van der Waals surface area contributed by atoms with Crippen LogP contribution >= 0.6 is 0 Å². The third-order valence-electron chi connectivity index (χ3n) is 4.06. The number of hydrogen-bond donors (Lipinski definition) is 1. The molecule has 2 aliphatic heterocycles. The van der Waals surface area contributed by atoms with E-state index in [-0.39, 0.29) is 5.91 Å². The van der Waals surface area contributed by atoms with Crippen molar-refractivity contribution in [3.63, 3.8) is 0 Å². The van der Waals surface area contributed by atoms with Crippen molar-refractivity contribution in [2.24, 2.45) is 0 Å². The van der Waals surface area contributed by atoms with Crippen LogP contribution in [0.25, 0.3) is 11.1 Å². The van der Waals surface area contributed by atoms with Crippen molar-refractivity contribution in [2.45, 2.75) is 26.5 Å². The predicted octanol–water partition coefficient (Wildman–Crippen LogP) is 2.28. The predicted molar refractivity (Wildman–Crippen MR) is 86.1 cm³/mol. The molecule has 0 radical (unpaired) electrons. The minimum atomic E-state index is -0.673. The van der Waals surface area contributed by atoms with Gasteiger partial charge in [0.05, 0.1) is 18.8 Å². The Balaban J connectivity index is 1.86. The molecule has 5 nitrogen and oxygen atoms in total. The van der Waals surface area contributed by atoms with Gasteiger partial charge in [0.15, 0.2) is 6.23 Å². The van der Waals surface area contributed by atoms with E-state index in [9.17, 15) is 9.59 Å². The number of benzene rings is 1. The Bertz CT molecular complexity index is 700. The fraction of sp³-hybridized carbons (Fsp3) is 0.333. The third kappa shape index (κ3) is 3.19. The lowest BCUT2D eigenvalue weighted by Crippen LogP contribution is -2.34. The molecule has 0 fully saturated rings. The van der Waals surface area contributed by atoms with Gasteiger partial charge in [0, 0.05) is 12.5 Å². The van der Waals surface area contributed by atoms with Crippen LogP contribution in [0.2, 0.25) is 0 Å². The summed E-state index contributed by atoms with van der Waals surface area (Å²) in [6.07, 6.45) is 2.31. The van der Waals surface area contributed by atoms with E-state index in [1.54, 1.807) is 6.92 Å². The molecule has 1 atom stereocenters. The summed E-state index contributed by atoms with van der Waals surface area (Å²) < 4.78 is 10.5. The maximum atomic E-state index is 12.1.